The largest absolute Gasteiger partial charge is 0.495 e. The molecule has 0 radical (unpaired) electrons. The number of carbonyl (C=O) groups excluding carboxylic acids is 1. The van der Waals surface area contributed by atoms with Crippen LogP contribution in [0.15, 0.2) is 18.2 Å². The maximum absolute atomic E-state index is 11.8. The molecule has 0 aliphatic heterocycles. The number of halogens is 1. The minimum atomic E-state index is -0.0426. The third-order valence-corrected chi connectivity index (χ3v) is 4.11. The zero-order chi connectivity index (χ0) is 14.6. The second-order valence-corrected chi connectivity index (χ2v) is 5.81. The summed E-state index contributed by atoms with van der Waals surface area (Å²) in [6.07, 6.45) is 3.06. The Morgan fingerprint density at radius 3 is 2.80 bits per heavy atom. The molecule has 20 heavy (non-hydrogen) atoms. The summed E-state index contributed by atoms with van der Waals surface area (Å²) in [5, 5.41) is 12.6. The number of methoxy groups -OCH3 is 1. The van der Waals surface area contributed by atoms with Crippen LogP contribution in [0.25, 0.3) is 0 Å². The lowest BCUT2D eigenvalue weighted by molar-refractivity contribution is -0.121. The fraction of sp³-hybridized carbons (Fsp3) is 0.533. The van der Waals surface area contributed by atoms with Gasteiger partial charge in [0.15, 0.2) is 0 Å². The van der Waals surface area contributed by atoms with Crippen molar-refractivity contribution in [2.75, 3.05) is 20.3 Å². The molecule has 4 nitrogen and oxygen atoms in total. The van der Waals surface area contributed by atoms with Gasteiger partial charge in [-0.3, -0.25) is 4.79 Å². The Morgan fingerprint density at radius 2 is 2.25 bits per heavy atom. The lowest BCUT2D eigenvalue weighted by Crippen LogP contribution is -2.31. The maximum atomic E-state index is 11.8. The lowest BCUT2D eigenvalue weighted by atomic mass is 10.1. The predicted molar refractivity (Wildman–Crippen MR) is 78.1 cm³/mol. The Balaban J connectivity index is 1.77. The van der Waals surface area contributed by atoms with Crippen LogP contribution >= 0.6 is 11.6 Å². The highest BCUT2D eigenvalue weighted by atomic mass is 35.5. The smallest absolute Gasteiger partial charge is 0.220 e. The monoisotopic (exact) mass is 297 g/mol. The molecule has 110 valence electrons. The average molecular weight is 298 g/mol. The van der Waals surface area contributed by atoms with Gasteiger partial charge in [-0.1, -0.05) is 17.7 Å². The third-order valence-electron chi connectivity index (χ3n) is 3.81. The number of rotatable bonds is 7. The van der Waals surface area contributed by atoms with Gasteiger partial charge < -0.3 is 15.2 Å². The fourth-order valence-electron chi connectivity index (χ4n) is 2.07. The number of nitrogens with one attached hydrogen (secondary N) is 1. The molecule has 0 spiro atoms. The second-order valence-electron chi connectivity index (χ2n) is 5.40. The van der Waals surface area contributed by atoms with Gasteiger partial charge in [-0.05, 0) is 37.0 Å². The quantitative estimate of drug-likeness (QED) is 0.811. The van der Waals surface area contributed by atoms with E-state index >= 15 is 0 Å². The highest BCUT2D eigenvalue weighted by molar-refractivity contribution is 6.32. The molecule has 1 aromatic rings. The highest BCUT2D eigenvalue weighted by Crippen LogP contribution is 2.44. The van der Waals surface area contributed by atoms with Gasteiger partial charge in [0.2, 0.25) is 5.91 Å². The number of aryl methyl sites for hydroxylation is 1. The van der Waals surface area contributed by atoms with Crippen LogP contribution in [0, 0.1) is 5.41 Å². The molecule has 1 amide bonds. The van der Waals surface area contributed by atoms with Crippen molar-refractivity contribution in [2.24, 2.45) is 5.41 Å². The summed E-state index contributed by atoms with van der Waals surface area (Å²) in [5.41, 5.74) is 0.966. The molecule has 1 aromatic carbocycles. The summed E-state index contributed by atoms with van der Waals surface area (Å²) in [5.74, 6) is 0.648. The maximum Gasteiger partial charge on any atom is 0.220 e. The van der Waals surface area contributed by atoms with Gasteiger partial charge in [0.25, 0.3) is 0 Å². The fourth-order valence-corrected chi connectivity index (χ4v) is 2.35. The lowest BCUT2D eigenvalue weighted by Gasteiger charge is -2.12. The molecule has 5 heteroatoms. The Bertz CT molecular complexity index is 486. The van der Waals surface area contributed by atoms with Gasteiger partial charge in [-0.15, -0.1) is 0 Å². The first-order valence-electron chi connectivity index (χ1n) is 6.78. The number of ether oxygens (including phenoxy) is 1. The van der Waals surface area contributed by atoms with Gasteiger partial charge in [0, 0.05) is 18.4 Å². The molecule has 1 saturated carbocycles. The normalized spacial score (nSPS) is 15.8. The number of hydrogen-bond acceptors (Lipinski definition) is 3. The summed E-state index contributed by atoms with van der Waals surface area (Å²) < 4.78 is 5.09. The summed E-state index contributed by atoms with van der Waals surface area (Å²) in [6, 6.07) is 5.54. The molecule has 0 heterocycles. The van der Waals surface area contributed by atoms with E-state index in [4.69, 9.17) is 16.3 Å². The highest BCUT2D eigenvalue weighted by Gasteiger charge is 2.41. The number of aliphatic hydroxyl groups excluding tert-OH is 1. The molecule has 2 rings (SSSR count). The molecular formula is C15H20ClNO3. The van der Waals surface area contributed by atoms with E-state index in [2.05, 4.69) is 5.32 Å². The minimum absolute atomic E-state index is 0.0108. The van der Waals surface area contributed by atoms with Gasteiger partial charge >= 0.3 is 0 Å². The molecule has 0 bridgehead atoms. The van der Waals surface area contributed by atoms with Crippen molar-refractivity contribution in [2.45, 2.75) is 25.7 Å². The van der Waals surface area contributed by atoms with E-state index in [-0.39, 0.29) is 17.9 Å². The first-order chi connectivity index (χ1) is 9.58. The predicted octanol–water partition coefficient (Wildman–Crippen LogP) is 2.17. The average Bonchev–Trinajstić information content (AvgIpc) is 3.24. The van der Waals surface area contributed by atoms with Crippen molar-refractivity contribution in [3.05, 3.63) is 28.8 Å². The van der Waals surface area contributed by atoms with Crippen LogP contribution in [0.2, 0.25) is 5.02 Å². The van der Waals surface area contributed by atoms with Crippen LogP contribution in [0.4, 0.5) is 0 Å². The van der Waals surface area contributed by atoms with E-state index in [0.29, 0.717) is 30.2 Å². The topological polar surface area (TPSA) is 58.6 Å². The van der Waals surface area contributed by atoms with Crippen LogP contribution in [-0.2, 0) is 11.2 Å². The molecule has 1 aliphatic carbocycles. The minimum Gasteiger partial charge on any atom is -0.495 e. The molecule has 0 unspecified atom stereocenters. The Labute approximate surface area is 124 Å². The number of aliphatic hydroxyl groups is 1. The Kier molecular flexibility index (Phi) is 4.89. The summed E-state index contributed by atoms with van der Waals surface area (Å²) in [6.45, 7) is 0.729. The van der Waals surface area contributed by atoms with Gasteiger partial charge in [-0.2, -0.15) is 0 Å². The van der Waals surface area contributed by atoms with E-state index in [1.54, 1.807) is 13.2 Å². The molecular weight excluding hydrogens is 278 g/mol. The van der Waals surface area contributed by atoms with Gasteiger partial charge in [0.1, 0.15) is 5.75 Å². The van der Waals surface area contributed by atoms with Crippen LogP contribution in [0.1, 0.15) is 24.8 Å². The standard InChI is InChI=1S/C15H20ClNO3/c1-20-13-4-2-11(8-12(13)16)3-5-14(19)17-9-15(10-18)6-7-15/h2,4,8,18H,3,5-7,9-10H2,1H3,(H,17,19). The molecule has 0 atom stereocenters. The van der Waals surface area contributed by atoms with Crippen molar-refractivity contribution in [3.63, 3.8) is 0 Å². The van der Waals surface area contributed by atoms with Crippen LogP contribution < -0.4 is 10.1 Å². The first-order valence-corrected chi connectivity index (χ1v) is 7.16. The molecule has 0 saturated heterocycles. The number of hydrogen-bond donors (Lipinski definition) is 2. The Morgan fingerprint density at radius 1 is 1.50 bits per heavy atom. The van der Waals surface area contributed by atoms with E-state index in [9.17, 15) is 9.90 Å². The van der Waals surface area contributed by atoms with E-state index < -0.39 is 0 Å². The van der Waals surface area contributed by atoms with Gasteiger partial charge in [0.05, 0.1) is 18.7 Å². The zero-order valence-electron chi connectivity index (χ0n) is 11.6. The zero-order valence-corrected chi connectivity index (χ0v) is 12.4. The third kappa shape index (κ3) is 3.87. The summed E-state index contributed by atoms with van der Waals surface area (Å²) >= 11 is 6.04. The van der Waals surface area contributed by atoms with Crippen LogP contribution in [-0.4, -0.2) is 31.3 Å². The summed E-state index contributed by atoms with van der Waals surface area (Å²) in [7, 11) is 1.57. The van der Waals surface area contributed by atoms with E-state index in [1.165, 1.54) is 0 Å². The van der Waals surface area contributed by atoms with Crippen molar-refractivity contribution in [1.82, 2.24) is 5.32 Å². The summed E-state index contributed by atoms with van der Waals surface area (Å²) in [4.78, 5) is 11.8. The SMILES string of the molecule is COc1ccc(CCC(=O)NCC2(CO)CC2)cc1Cl. The van der Waals surface area contributed by atoms with Crippen LogP contribution in [0.5, 0.6) is 5.75 Å². The van der Waals surface area contributed by atoms with E-state index in [0.717, 1.165) is 18.4 Å². The van der Waals surface area contributed by atoms with Crippen molar-refractivity contribution < 1.29 is 14.6 Å². The van der Waals surface area contributed by atoms with E-state index in [1.807, 2.05) is 12.1 Å². The van der Waals surface area contributed by atoms with Crippen molar-refractivity contribution in [3.8, 4) is 5.75 Å². The molecule has 0 aromatic heterocycles. The molecule has 1 fully saturated rings. The Hall–Kier alpha value is -1.26. The molecule has 1 aliphatic rings. The number of amides is 1. The van der Waals surface area contributed by atoms with Crippen molar-refractivity contribution >= 4 is 17.5 Å². The molecule has 2 N–H and O–H groups in total. The van der Waals surface area contributed by atoms with Gasteiger partial charge in [-0.25, -0.2) is 0 Å². The van der Waals surface area contributed by atoms with Crippen LogP contribution in [0.3, 0.4) is 0 Å². The van der Waals surface area contributed by atoms with Crippen molar-refractivity contribution in [1.29, 1.82) is 0 Å². The number of benzene rings is 1. The first kappa shape index (κ1) is 15.1. The number of carbonyl (C=O) groups is 1. The second kappa shape index (κ2) is 6.46.